The van der Waals surface area contributed by atoms with Crippen LogP contribution in [0.25, 0.3) is 0 Å². The molecular formula is C13H19BrN2O2. The molecule has 1 heterocycles. The van der Waals surface area contributed by atoms with Gasteiger partial charge in [-0.3, -0.25) is 4.90 Å². The maximum atomic E-state index is 10.2. The molecule has 0 amide bonds. The molecule has 1 saturated heterocycles. The molecule has 1 aliphatic rings. The highest BCUT2D eigenvalue weighted by molar-refractivity contribution is 9.10. The first-order chi connectivity index (χ1) is 8.63. The molecular weight excluding hydrogens is 296 g/mol. The first-order valence-corrected chi connectivity index (χ1v) is 6.94. The Labute approximate surface area is 116 Å². The summed E-state index contributed by atoms with van der Waals surface area (Å²) in [6, 6.07) is 3.87. The summed E-state index contributed by atoms with van der Waals surface area (Å²) >= 11 is 3.37. The maximum Gasteiger partial charge on any atom is 0.134 e. The van der Waals surface area contributed by atoms with E-state index < -0.39 is 0 Å². The lowest BCUT2D eigenvalue weighted by molar-refractivity contribution is 0.182. The van der Waals surface area contributed by atoms with Gasteiger partial charge >= 0.3 is 0 Å². The highest BCUT2D eigenvalue weighted by atomic mass is 79.9. The van der Waals surface area contributed by atoms with Crippen LogP contribution in [0.4, 0.5) is 0 Å². The van der Waals surface area contributed by atoms with Crippen LogP contribution < -0.4 is 10.1 Å². The Bertz CT molecular complexity index is 420. The first kappa shape index (κ1) is 13.6. The van der Waals surface area contributed by atoms with Crippen LogP contribution in [0.15, 0.2) is 16.6 Å². The van der Waals surface area contributed by atoms with Gasteiger partial charge in [0, 0.05) is 37.8 Å². The van der Waals surface area contributed by atoms with Crippen LogP contribution >= 0.6 is 15.9 Å². The van der Waals surface area contributed by atoms with Gasteiger partial charge in [0.2, 0.25) is 0 Å². The number of rotatable bonds is 3. The van der Waals surface area contributed by atoms with E-state index in [9.17, 15) is 5.11 Å². The van der Waals surface area contributed by atoms with Crippen molar-refractivity contribution in [2.24, 2.45) is 0 Å². The third kappa shape index (κ3) is 2.79. The molecule has 100 valence electrons. The van der Waals surface area contributed by atoms with Crippen molar-refractivity contribution in [1.82, 2.24) is 10.2 Å². The van der Waals surface area contributed by atoms with Gasteiger partial charge in [-0.1, -0.05) is 0 Å². The summed E-state index contributed by atoms with van der Waals surface area (Å²) in [6.45, 7) is 6.10. The molecule has 0 saturated carbocycles. The minimum atomic E-state index is 0.179. The predicted octanol–water partition coefficient (Wildman–Crippen LogP) is 2.13. The molecule has 4 nitrogen and oxygen atoms in total. The Morgan fingerprint density at radius 2 is 2.06 bits per heavy atom. The molecule has 1 aliphatic heterocycles. The lowest BCUT2D eigenvalue weighted by Gasteiger charge is -2.33. The fourth-order valence-corrected chi connectivity index (χ4v) is 2.75. The first-order valence-electron chi connectivity index (χ1n) is 6.14. The SMILES string of the molecule is COc1cc(Br)c(O)c([C@H](C)N2CCNCC2)c1. The third-order valence-corrected chi connectivity index (χ3v) is 4.06. The topological polar surface area (TPSA) is 44.7 Å². The molecule has 0 aromatic heterocycles. The Hall–Kier alpha value is -0.780. The van der Waals surface area contributed by atoms with Gasteiger partial charge in [0.05, 0.1) is 11.6 Å². The quantitative estimate of drug-likeness (QED) is 0.897. The van der Waals surface area contributed by atoms with Gasteiger partial charge in [-0.25, -0.2) is 0 Å². The molecule has 1 fully saturated rings. The average Bonchev–Trinajstić information content (AvgIpc) is 2.42. The van der Waals surface area contributed by atoms with Crippen LogP contribution in [0.5, 0.6) is 11.5 Å². The normalized spacial score (nSPS) is 18.6. The summed E-state index contributed by atoms with van der Waals surface area (Å²) in [6.07, 6.45) is 0. The van der Waals surface area contributed by atoms with Crippen molar-refractivity contribution in [3.63, 3.8) is 0 Å². The van der Waals surface area contributed by atoms with Gasteiger partial charge < -0.3 is 15.2 Å². The van der Waals surface area contributed by atoms with E-state index in [4.69, 9.17) is 4.74 Å². The van der Waals surface area contributed by atoms with Crippen molar-refractivity contribution >= 4 is 15.9 Å². The lowest BCUT2D eigenvalue weighted by atomic mass is 10.0. The summed E-state index contributed by atoms with van der Waals surface area (Å²) < 4.78 is 5.94. The number of methoxy groups -OCH3 is 1. The second-order valence-corrected chi connectivity index (χ2v) is 5.36. The second kappa shape index (κ2) is 5.91. The van der Waals surface area contributed by atoms with Crippen molar-refractivity contribution in [1.29, 1.82) is 0 Å². The smallest absolute Gasteiger partial charge is 0.134 e. The van der Waals surface area contributed by atoms with Gasteiger partial charge in [0.25, 0.3) is 0 Å². The van der Waals surface area contributed by atoms with Crippen molar-refractivity contribution < 1.29 is 9.84 Å². The van der Waals surface area contributed by atoms with Crippen LogP contribution in [0.1, 0.15) is 18.5 Å². The Morgan fingerprint density at radius 1 is 1.39 bits per heavy atom. The predicted molar refractivity (Wildman–Crippen MR) is 75.2 cm³/mol. The van der Waals surface area contributed by atoms with E-state index >= 15 is 0 Å². The number of benzene rings is 1. The molecule has 0 unspecified atom stereocenters. The molecule has 0 aliphatic carbocycles. The number of hydrogen-bond acceptors (Lipinski definition) is 4. The van der Waals surface area contributed by atoms with E-state index in [0.717, 1.165) is 37.5 Å². The Morgan fingerprint density at radius 3 is 2.67 bits per heavy atom. The molecule has 1 atom stereocenters. The largest absolute Gasteiger partial charge is 0.506 e. The summed E-state index contributed by atoms with van der Waals surface area (Å²) in [5.74, 6) is 1.07. The van der Waals surface area contributed by atoms with Gasteiger partial charge in [-0.05, 0) is 35.0 Å². The van der Waals surface area contributed by atoms with Crippen LogP contribution in [0, 0.1) is 0 Å². The van der Waals surface area contributed by atoms with E-state index in [1.54, 1.807) is 13.2 Å². The summed E-state index contributed by atoms with van der Waals surface area (Å²) in [5.41, 5.74) is 0.906. The van der Waals surface area contributed by atoms with Gasteiger partial charge in [-0.15, -0.1) is 0 Å². The fraction of sp³-hybridized carbons (Fsp3) is 0.538. The zero-order valence-corrected chi connectivity index (χ0v) is 12.3. The number of aromatic hydroxyl groups is 1. The van der Waals surface area contributed by atoms with Gasteiger partial charge in [0.1, 0.15) is 11.5 Å². The molecule has 2 N–H and O–H groups in total. The van der Waals surface area contributed by atoms with Crippen molar-refractivity contribution in [2.75, 3.05) is 33.3 Å². The van der Waals surface area contributed by atoms with Crippen molar-refractivity contribution in [3.8, 4) is 11.5 Å². The Kier molecular flexibility index (Phi) is 4.48. The Balaban J connectivity index is 2.27. The van der Waals surface area contributed by atoms with E-state index in [1.807, 2.05) is 6.07 Å². The molecule has 1 aromatic rings. The lowest BCUT2D eigenvalue weighted by Crippen LogP contribution is -2.44. The van der Waals surface area contributed by atoms with Crippen LogP contribution in [0.2, 0.25) is 0 Å². The van der Waals surface area contributed by atoms with E-state index in [-0.39, 0.29) is 6.04 Å². The van der Waals surface area contributed by atoms with Crippen LogP contribution in [-0.2, 0) is 0 Å². The van der Waals surface area contributed by atoms with Crippen LogP contribution in [0.3, 0.4) is 0 Å². The zero-order chi connectivity index (χ0) is 13.1. The number of ether oxygens (including phenoxy) is 1. The monoisotopic (exact) mass is 314 g/mol. The van der Waals surface area contributed by atoms with E-state index in [0.29, 0.717) is 10.2 Å². The summed E-state index contributed by atoms with van der Waals surface area (Å²) in [5, 5.41) is 13.5. The van der Waals surface area contributed by atoms with E-state index in [1.165, 1.54) is 0 Å². The minimum Gasteiger partial charge on any atom is -0.506 e. The highest BCUT2D eigenvalue weighted by Crippen LogP contribution is 2.37. The number of hydrogen-bond donors (Lipinski definition) is 2. The molecule has 18 heavy (non-hydrogen) atoms. The second-order valence-electron chi connectivity index (χ2n) is 4.51. The van der Waals surface area contributed by atoms with Crippen molar-refractivity contribution in [3.05, 3.63) is 22.2 Å². The molecule has 0 radical (unpaired) electrons. The standard InChI is InChI=1S/C13H19BrN2O2/c1-9(16-5-3-15-4-6-16)11-7-10(18-2)8-12(14)13(11)17/h7-9,15,17H,3-6H2,1-2H3/t9-/m0/s1. The van der Waals surface area contributed by atoms with E-state index in [2.05, 4.69) is 33.1 Å². The number of nitrogens with zero attached hydrogens (tertiary/aromatic N) is 1. The highest BCUT2D eigenvalue weighted by Gasteiger charge is 2.22. The summed E-state index contributed by atoms with van der Waals surface area (Å²) in [4.78, 5) is 2.36. The molecule has 5 heteroatoms. The zero-order valence-electron chi connectivity index (χ0n) is 10.7. The van der Waals surface area contributed by atoms with Gasteiger partial charge in [0.15, 0.2) is 0 Å². The molecule has 2 rings (SSSR count). The number of halogens is 1. The maximum absolute atomic E-state index is 10.2. The molecule has 0 spiro atoms. The summed E-state index contributed by atoms with van der Waals surface area (Å²) in [7, 11) is 1.64. The number of phenolic OH excluding ortho intramolecular Hbond substituents is 1. The molecule has 0 bridgehead atoms. The average molecular weight is 315 g/mol. The fourth-order valence-electron chi connectivity index (χ4n) is 2.30. The van der Waals surface area contributed by atoms with Crippen molar-refractivity contribution in [2.45, 2.75) is 13.0 Å². The van der Waals surface area contributed by atoms with Gasteiger partial charge in [-0.2, -0.15) is 0 Å². The number of phenols is 1. The van der Waals surface area contributed by atoms with Crippen LogP contribution in [-0.4, -0.2) is 43.3 Å². The molecule has 1 aromatic carbocycles. The number of piperazine rings is 1. The minimum absolute atomic E-state index is 0.179. The number of nitrogens with one attached hydrogen (secondary N) is 1. The third-order valence-electron chi connectivity index (χ3n) is 3.45.